The van der Waals surface area contributed by atoms with Crippen molar-refractivity contribution in [3.63, 3.8) is 0 Å². The minimum atomic E-state index is -1.35. The van der Waals surface area contributed by atoms with E-state index < -0.39 is 6.30 Å². The van der Waals surface area contributed by atoms with Crippen molar-refractivity contribution >= 4 is 16.8 Å². The van der Waals surface area contributed by atoms with E-state index in [9.17, 15) is 23.5 Å². The van der Waals surface area contributed by atoms with Crippen LogP contribution in [-0.4, -0.2) is 59.4 Å². The summed E-state index contributed by atoms with van der Waals surface area (Å²) in [6, 6.07) is 12.7. The molecule has 4 N–H and O–H groups in total. The maximum absolute atomic E-state index is 14.4. The standard InChI is InChI=1S/C30H38F2N4O3/c31-23-6-4-5-21(19-23)20-27(32)34-16-14-29(39)36(24-7-2-1-3-8-24)18-17-33-15-13-22-9-11-26(37)30-25(22)10-12-28(38)35-30/h4-6,9-12,19,24,27,33-34,37H,1-3,7-8,13-18,20H2,(H,35,38). The summed E-state index contributed by atoms with van der Waals surface area (Å²) in [5.74, 6) is -0.328. The Balaban J connectivity index is 1.25. The first-order chi connectivity index (χ1) is 18.9. The van der Waals surface area contributed by atoms with Gasteiger partial charge in [-0.2, -0.15) is 0 Å². The van der Waals surface area contributed by atoms with E-state index >= 15 is 0 Å². The molecule has 210 valence electrons. The second-order valence-corrected chi connectivity index (χ2v) is 10.2. The van der Waals surface area contributed by atoms with Crippen LogP contribution >= 0.6 is 0 Å². The molecule has 0 aliphatic heterocycles. The van der Waals surface area contributed by atoms with E-state index in [0.29, 0.717) is 37.1 Å². The first-order valence-electron chi connectivity index (χ1n) is 13.9. The summed E-state index contributed by atoms with van der Waals surface area (Å²) in [7, 11) is 0. The smallest absolute Gasteiger partial charge is 0.248 e. The first-order valence-corrected chi connectivity index (χ1v) is 13.9. The number of nitrogens with one attached hydrogen (secondary N) is 3. The van der Waals surface area contributed by atoms with Crippen LogP contribution in [0.1, 0.15) is 49.7 Å². The van der Waals surface area contributed by atoms with Crippen molar-refractivity contribution in [1.29, 1.82) is 0 Å². The van der Waals surface area contributed by atoms with Crippen LogP contribution in [0.25, 0.3) is 10.9 Å². The van der Waals surface area contributed by atoms with Gasteiger partial charge < -0.3 is 20.3 Å². The number of phenolic OH excluding ortho intramolecular Hbond substituents is 1. The number of phenols is 1. The number of hydrogen-bond acceptors (Lipinski definition) is 5. The predicted molar refractivity (Wildman–Crippen MR) is 149 cm³/mol. The largest absolute Gasteiger partial charge is 0.506 e. The van der Waals surface area contributed by atoms with Crippen molar-refractivity contribution in [2.45, 2.75) is 63.7 Å². The first kappa shape index (κ1) is 28.7. The Morgan fingerprint density at radius 2 is 1.90 bits per heavy atom. The van der Waals surface area contributed by atoms with Gasteiger partial charge in [0.1, 0.15) is 11.6 Å². The van der Waals surface area contributed by atoms with Crippen LogP contribution in [0.2, 0.25) is 0 Å². The van der Waals surface area contributed by atoms with Crippen molar-refractivity contribution in [2.24, 2.45) is 0 Å². The number of hydrogen-bond donors (Lipinski definition) is 4. The zero-order valence-electron chi connectivity index (χ0n) is 22.2. The van der Waals surface area contributed by atoms with E-state index in [1.54, 1.807) is 24.3 Å². The van der Waals surface area contributed by atoms with Crippen LogP contribution in [-0.2, 0) is 17.6 Å². The normalized spacial score (nSPS) is 14.9. The predicted octanol–water partition coefficient (Wildman–Crippen LogP) is 4.18. The Morgan fingerprint density at radius 1 is 1.08 bits per heavy atom. The Labute approximate surface area is 227 Å². The van der Waals surface area contributed by atoms with Crippen LogP contribution < -0.4 is 16.2 Å². The lowest BCUT2D eigenvalue weighted by Crippen LogP contribution is -2.46. The molecule has 9 heteroatoms. The average Bonchev–Trinajstić information content (AvgIpc) is 2.92. The number of carbonyl (C=O) groups is 1. The van der Waals surface area contributed by atoms with Gasteiger partial charge in [-0.15, -0.1) is 0 Å². The molecule has 39 heavy (non-hydrogen) atoms. The highest BCUT2D eigenvalue weighted by Gasteiger charge is 2.25. The molecule has 1 amide bonds. The Bertz CT molecular complexity index is 1290. The zero-order chi connectivity index (χ0) is 27.6. The maximum Gasteiger partial charge on any atom is 0.248 e. The number of carbonyl (C=O) groups excluding carboxylic acids is 1. The molecule has 0 spiro atoms. The number of aromatic nitrogens is 1. The summed E-state index contributed by atoms with van der Waals surface area (Å²) in [5, 5.41) is 17.1. The fourth-order valence-electron chi connectivity index (χ4n) is 5.39. The van der Waals surface area contributed by atoms with E-state index in [2.05, 4.69) is 15.6 Å². The molecule has 1 unspecified atom stereocenters. The summed E-state index contributed by atoms with van der Waals surface area (Å²) < 4.78 is 27.7. The fraction of sp³-hybridized carbons (Fsp3) is 0.467. The monoisotopic (exact) mass is 540 g/mol. The number of rotatable bonds is 13. The second kappa shape index (κ2) is 14.2. The van der Waals surface area contributed by atoms with E-state index in [1.165, 1.54) is 24.6 Å². The highest BCUT2D eigenvalue weighted by atomic mass is 19.1. The molecule has 0 radical (unpaired) electrons. The van der Waals surface area contributed by atoms with Gasteiger partial charge in [0, 0.05) is 50.0 Å². The lowest BCUT2D eigenvalue weighted by molar-refractivity contribution is -0.134. The van der Waals surface area contributed by atoms with Gasteiger partial charge in [-0.3, -0.25) is 14.9 Å². The van der Waals surface area contributed by atoms with Gasteiger partial charge in [0.05, 0.1) is 5.52 Å². The molecule has 4 rings (SSSR count). The third-order valence-electron chi connectivity index (χ3n) is 7.41. The molecule has 0 bridgehead atoms. The molecule has 1 atom stereocenters. The van der Waals surface area contributed by atoms with E-state index in [0.717, 1.165) is 36.6 Å². The SMILES string of the molecule is O=C(CCNC(F)Cc1cccc(F)c1)N(CCNCCc1ccc(O)c2[nH]c(=O)ccc12)C1CCCCC1. The quantitative estimate of drug-likeness (QED) is 0.193. The molecule has 1 aliphatic carbocycles. The van der Waals surface area contributed by atoms with Gasteiger partial charge in [0.25, 0.3) is 0 Å². The van der Waals surface area contributed by atoms with Crippen molar-refractivity contribution in [1.82, 2.24) is 20.5 Å². The lowest BCUT2D eigenvalue weighted by atomic mass is 9.94. The van der Waals surface area contributed by atoms with Gasteiger partial charge in [0.15, 0.2) is 6.30 Å². The number of amides is 1. The molecule has 1 heterocycles. The lowest BCUT2D eigenvalue weighted by Gasteiger charge is -2.35. The molecule has 3 aromatic rings. The molecule has 7 nitrogen and oxygen atoms in total. The second-order valence-electron chi connectivity index (χ2n) is 10.2. The topological polar surface area (TPSA) is 97.5 Å². The molecule has 1 fully saturated rings. The van der Waals surface area contributed by atoms with Crippen LogP contribution in [0.5, 0.6) is 5.75 Å². The van der Waals surface area contributed by atoms with Gasteiger partial charge in [-0.1, -0.05) is 37.5 Å². The third kappa shape index (κ3) is 8.34. The van der Waals surface area contributed by atoms with Gasteiger partial charge in [-0.05, 0) is 61.2 Å². The number of aromatic hydroxyl groups is 1. The molecule has 1 aromatic heterocycles. The zero-order valence-corrected chi connectivity index (χ0v) is 22.2. The fourth-order valence-corrected chi connectivity index (χ4v) is 5.39. The summed E-state index contributed by atoms with van der Waals surface area (Å²) in [6.45, 7) is 2.11. The molecule has 1 saturated carbocycles. The number of pyridine rings is 1. The van der Waals surface area contributed by atoms with Gasteiger partial charge in [0.2, 0.25) is 11.5 Å². The van der Waals surface area contributed by atoms with Crippen LogP contribution in [0, 0.1) is 5.82 Å². The number of alkyl halides is 1. The van der Waals surface area contributed by atoms with Crippen LogP contribution in [0.3, 0.4) is 0 Å². The summed E-state index contributed by atoms with van der Waals surface area (Å²) in [5.41, 5.74) is 1.76. The number of fused-ring (bicyclic) bond motifs is 1. The minimum absolute atomic E-state index is 0.0163. The van der Waals surface area contributed by atoms with E-state index in [4.69, 9.17) is 0 Å². The number of aromatic amines is 1. The summed E-state index contributed by atoms with van der Waals surface area (Å²) >= 11 is 0. The average molecular weight is 541 g/mol. The Kier molecular flexibility index (Phi) is 10.4. The van der Waals surface area contributed by atoms with Gasteiger partial charge >= 0.3 is 0 Å². The molecular formula is C30H38F2N4O3. The van der Waals surface area contributed by atoms with Gasteiger partial charge in [-0.25, -0.2) is 8.78 Å². The van der Waals surface area contributed by atoms with Crippen molar-refractivity contribution in [3.05, 3.63) is 75.8 Å². The minimum Gasteiger partial charge on any atom is -0.506 e. The molecule has 2 aromatic carbocycles. The number of halogens is 2. The van der Waals surface area contributed by atoms with Crippen molar-refractivity contribution in [2.75, 3.05) is 26.2 Å². The molecule has 1 aliphatic rings. The highest BCUT2D eigenvalue weighted by Crippen LogP contribution is 2.25. The molecule has 0 saturated heterocycles. The maximum atomic E-state index is 14.4. The van der Waals surface area contributed by atoms with E-state index in [1.807, 2.05) is 11.0 Å². The third-order valence-corrected chi connectivity index (χ3v) is 7.41. The highest BCUT2D eigenvalue weighted by molar-refractivity contribution is 5.87. The number of H-pyrrole nitrogens is 1. The van der Waals surface area contributed by atoms with Crippen molar-refractivity contribution < 1.29 is 18.7 Å². The number of benzene rings is 2. The Hall–Kier alpha value is -3.30. The van der Waals surface area contributed by atoms with Crippen LogP contribution in [0.4, 0.5) is 8.78 Å². The van der Waals surface area contributed by atoms with Crippen LogP contribution in [0.15, 0.2) is 53.3 Å². The van der Waals surface area contributed by atoms with Crippen molar-refractivity contribution in [3.8, 4) is 5.75 Å². The summed E-state index contributed by atoms with van der Waals surface area (Å²) in [4.78, 5) is 29.4. The van der Waals surface area contributed by atoms with E-state index in [-0.39, 0.29) is 48.5 Å². The number of nitrogens with zero attached hydrogens (tertiary/aromatic N) is 1. The Morgan fingerprint density at radius 3 is 2.69 bits per heavy atom. The molecular weight excluding hydrogens is 502 g/mol. The summed E-state index contributed by atoms with van der Waals surface area (Å²) in [6.07, 6.45) is 4.99.